The van der Waals surface area contributed by atoms with Crippen LogP contribution in [-0.2, 0) is 0 Å². The average molecular weight is 148 g/mol. The third kappa shape index (κ3) is 1.74. The summed E-state index contributed by atoms with van der Waals surface area (Å²) in [5.74, 6) is 0.385. The van der Waals surface area contributed by atoms with Gasteiger partial charge in [0.2, 0.25) is 0 Å². The maximum Gasteiger partial charge on any atom is 0.0969 e. The van der Waals surface area contributed by atoms with Gasteiger partial charge in [-0.3, -0.25) is 0 Å². The van der Waals surface area contributed by atoms with Crippen molar-refractivity contribution in [3.05, 3.63) is 41.7 Å². The molecule has 11 heavy (non-hydrogen) atoms. The number of rotatable bonds is 1. The van der Waals surface area contributed by atoms with Crippen molar-refractivity contribution in [3.8, 4) is 0 Å². The van der Waals surface area contributed by atoms with Gasteiger partial charge in [0, 0.05) is 0 Å². The number of hydrogen-bond acceptors (Lipinski definition) is 2. The highest BCUT2D eigenvalue weighted by Crippen LogP contribution is 2.12. The molecule has 0 atom stereocenters. The lowest BCUT2D eigenvalue weighted by molar-refractivity contribution is 1.24. The van der Waals surface area contributed by atoms with Gasteiger partial charge in [0.25, 0.3) is 0 Å². The van der Waals surface area contributed by atoms with Gasteiger partial charge in [0.05, 0.1) is 5.82 Å². The lowest BCUT2D eigenvalue weighted by atomic mass is 10.1. The molecule has 0 saturated carbocycles. The summed E-state index contributed by atoms with van der Waals surface area (Å²) in [6.45, 7) is 1.91. The van der Waals surface area contributed by atoms with E-state index in [0.29, 0.717) is 5.82 Å². The first-order chi connectivity index (χ1) is 5.22. The second kappa shape index (κ2) is 3.10. The summed E-state index contributed by atoms with van der Waals surface area (Å²) in [6, 6.07) is 9.84. The number of hydrogen-bond donors (Lipinski definition) is 2. The molecule has 0 fully saturated rings. The molecule has 0 heterocycles. The van der Waals surface area contributed by atoms with Gasteiger partial charge < -0.3 is 11.5 Å². The fraction of sp³-hybridized carbons (Fsp3) is 0.111. The third-order valence-corrected chi connectivity index (χ3v) is 1.64. The fourth-order valence-electron chi connectivity index (χ4n) is 0.855. The van der Waals surface area contributed by atoms with Crippen LogP contribution in [0.5, 0.6) is 0 Å². The maximum atomic E-state index is 5.43. The molecule has 0 radical (unpaired) electrons. The van der Waals surface area contributed by atoms with Crippen LogP contribution in [-0.4, -0.2) is 0 Å². The van der Waals surface area contributed by atoms with Crippen molar-refractivity contribution >= 4 is 5.57 Å². The van der Waals surface area contributed by atoms with Crippen LogP contribution in [0.25, 0.3) is 5.57 Å². The summed E-state index contributed by atoms with van der Waals surface area (Å²) in [7, 11) is 0. The molecule has 0 aliphatic carbocycles. The quantitative estimate of drug-likeness (QED) is 0.630. The Morgan fingerprint density at radius 3 is 2.09 bits per heavy atom. The molecule has 58 valence electrons. The van der Waals surface area contributed by atoms with Crippen molar-refractivity contribution in [2.24, 2.45) is 11.5 Å². The van der Waals surface area contributed by atoms with E-state index in [9.17, 15) is 0 Å². The first-order valence-electron chi connectivity index (χ1n) is 3.49. The van der Waals surface area contributed by atoms with Crippen LogP contribution in [0.3, 0.4) is 0 Å². The van der Waals surface area contributed by atoms with Crippen LogP contribution in [0.1, 0.15) is 12.5 Å². The number of nitrogens with two attached hydrogens (primary N) is 2. The molecule has 1 rings (SSSR count). The second-order valence-corrected chi connectivity index (χ2v) is 2.45. The predicted octanol–water partition coefficient (Wildman–Crippen LogP) is 1.29. The fourth-order valence-corrected chi connectivity index (χ4v) is 0.855. The monoisotopic (exact) mass is 148 g/mol. The SMILES string of the molecule is CC(=C(N)N)c1ccccc1. The molecule has 1 aromatic rings. The van der Waals surface area contributed by atoms with Gasteiger partial charge in [-0.1, -0.05) is 30.3 Å². The molecule has 4 N–H and O–H groups in total. The van der Waals surface area contributed by atoms with E-state index in [-0.39, 0.29) is 0 Å². The highest BCUT2D eigenvalue weighted by Gasteiger charge is 1.95. The zero-order valence-corrected chi connectivity index (χ0v) is 6.54. The van der Waals surface area contributed by atoms with Crippen molar-refractivity contribution in [1.82, 2.24) is 0 Å². The minimum absolute atomic E-state index is 0.385. The molecule has 0 aromatic heterocycles. The largest absolute Gasteiger partial charge is 0.385 e. The molecule has 1 aromatic carbocycles. The van der Waals surface area contributed by atoms with E-state index in [1.807, 2.05) is 37.3 Å². The molecule has 0 bridgehead atoms. The highest BCUT2D eigenvalue weighted by atomic mass is 14.8. The summed E-state index contributed by atoms with van der Waals surface area (Å²) in [6.07, 6.45) is 0. The van der Waals surface area contributed by atoms with Gasteiger partial charge in [-0.05, 0) is 18.1 Å². The van der Waals surface area contributed by atoms with Gasteiger partial charge >= 0.3 is 0 Å². The maximum absolute atomic E-state index is 5.43. The smallest absolute Gasteiger partial charge is 0.0969 e. The Kier molecular flexibility index (Phi) is 2.16. The minimum atomic E-state index is 0.385. The highest BCUT2D eigenvalue weighted by molar-refractivity contribution is 5.65. The summed E-state index contributed by atoms with van der Waals surface area (Å²) < 4.78 is 0. The molecular formula is C9H12N2. The standard InChI is InChI=1S/C9H12N2/c1-7(9(10)11)8-5-3-2-4-6-8/h2-6H,10-11H2,1H3. The van der Waals surface area contributed by atoms with E-state index >= 15 is 0 Å². The van der Waals surface area contributed by atoms with Crippen LogP contribution in [0.2, 0.25) is 0 Å². The van der Waals surface area contributed by atoms with Crippen molar-refractivity contribution in [1.29, 1.82) is 0 Å². The van der Waals surface area contributed by atoms with Crippen LogP contribution < -0.4 is 11.5 Å². The Hall–Kier alpha value is -1.44. The van der Waals surface area contributed by atoms with E-state index in [2.05, 4.69) is 0 Å². The summed E-state index contributed by atoms with van der Waals surface area (Å²) in [5, 5.41) is 0. The van der Waals surface area contributed by atoms with Crippen molar-refractivity contribution in [3.63, 3.8) is 0 Å². The van der Waals surface area contributed by atoms with Crippen molar-refractivity contribution in [2.45, 2.75) is 6.92 Å². The lowest BCUT2D eigenvalue weighted by Crippen LogP contribution is -2.10. The lowest BCUT2D eigenvalue weighted by Gasteiger charge is -2.01. The molecular weight excluding hydrogens is 136 g/mol. The van der Waals surface area contributed by atoms with E-state index in [4.69, 9.17) is 11.5 Å². The molecule has 0 aliphatic rings. The van der Waals surface area contributed by atoms with Gasteiger partial charge in [-0.25, -0.2) is 0 Å². The topological polar surface area (TPSA) is 52.0 Å². The van der Waals surface area contributed by atoms with Gasteiger partial charge in [0.15, 0.2) is 0 Å². The first kappa shape index (κ1) is 7.66. The number of benzene rings is 1. The molecule has 0 amide bonds. The summed E-state index contributed by atoms with van der Waals surface area (Å²) >= 11 is 0. The Morgan fingerprint density at radius 2 is 1.64 bits per heavy atom. The Morgan fingerprint density at radius 1 is 1.09 bits per heavy atom. The third-order valence-electron chi connectivity index (χ3n) is 1.64. The van der Waals surface area contributed by atoms with Crippen LogP contribution in [0.15, 0.2) is 36.2 Å². The Balaban J connectivity index is 3.04. The van der Waals surface area contributed by atoms with Crippen molar-refractivity contribution in [2.75, 3.05) is 0 Å². The van der Waals surface area contributed by atoms with Crippen molar-refractivity contribution < 1.29 is 0 Å². The minimum Gasteiger partial charge on any atom is -0.385 e. The van der Waals surface area contributed by atoms with Crippen LogP contribution in [0.4, 0.5) is 0 Å². The molecule has 0 aliphatic heterocycles. The van der Waals surface area contributed by atoms with Crippen LogP contribution in [0, 0.1) is 0 Å². The van der Waals surface area contributed by atoms with Gasteiger partial charge in [0.1, 0.15) is 0 Å². The van der Waals surface area contributed by atoms with E-state index < -0.39 is 0 Å². The van der Waals surface area contributed by atoms with E-state index in [1.54, 1.807) is 0 Å². The zero-order chi connectivity index (χ0) is 8.27. The Labute approximate surface area is 66.5 Å². The molecule has 0 spiro atoms. The average Bonchev–Trinajstić information content (AvgIpc) is 2.05. The molecule has 0 saturated heterocycles. The molecule has 2 heteroatoms. The first-order valence-corrected chi connectivity index (χ1v) is 3.49. The normalized spacial score (nSPS) is 9.18. The van der Waals surface area contributed by atoms with Crippen LogP contribution >= 0.6 is 0 Å². The summed E-state index contributed by atoms with van der Waals surface area (Å²) in [5.41, 5.74) is 12.9. The molecule has 2 nitrogen and oxygen atoms in total. The van der Waals surface area contributed by atoms with Gasteiger partial charge in [-0.2, -0.15) is 0 Å². The van der Waals surface area contributed by atoms with E-state index in [1.165, 1.54) is 0 Å². The Bertz CT molecular complexity index is 258. The predicted molar refractivity (Wildman–Crippen MR) is 47.4 cm³/mol. The summed E-state index contributed by atoms with van der Waals surface area (Å²) in [4.78, 5) is 0. The van der Waals surface area contributed by atoms with Gasteiger partial charge in [-0.15, -0.1) is 0 Å². The second-order valence-electron chi connectivity index (χ2n) is 2.45. The van der Waals surface area contributed by atoms with E-state index in [0.717, 1.165) is 11.1 Å². The molecule has 0 unspecified atom stereocenters. The zero-order valence-electron chi connectivity index (χ0n) is 6.54. The number of allylic oxidation sites excluding steroid dienone is 1.